The van der Waals surface area contributed by atoms with Crippen molar-refractivity contribution in [3.63, 3.8) is 0 Å². The quantitative estimate of drug-likeness (QED) is 0.488. The first-order valence-corrected chi connectivity index (χ1v) is 6.99. The van der Waals surface area contributed by atoms with Crippen molar-refractivity contribution in [2.75, 3.05) is 18.9 Å². The molecule has 110 valence electrons. The maximum Gasteiger partial charge on any atom is 0.292 e. The van der Waals surface area contributed by atoms with Crippen molar-refractivity contribution >= 4 is 11.4 Å². The molecule has 0 aliphatic carbocycles. The van der Waals surface area contributed by atoms with Gasteiger partial charge in [0.2, 0.25) is 0 Å². The summed E-state index contributed by atoms with van der Waals surface area (Å²) in [5, 5.41) is 19.9. The van der Waals surface area contributed by atoms with E-state index in [4.69, 9.17) is 10.8 Å². The smallest absolute Gasteiger partial charge is 0.292 e. The predicted octanol–water partition coefficient (Wildman–Crippen LogP) is 1.91. The van der Waals surface area contributed by atoms with E-state index in [9.17, 15) is 10.1 Å². The van der Waals surface area contributed by atoms with Gasteiger partial charge in [0, 0.05) is 25.3 Å². The Labute approximate surface area is 118 Å². The monoisotopic (exact) mass is 279 g/mol. The number of aliphatic hydroxyl groups is 1. The molecule has 1 aliphatic heterocycles. The van der Waals surface area contributed by atoms with E-state index in [2.05, 4.69) is 4.90 Å². The van der Waals surface area contributed by atoms with E-state index in [1.165, 1.54) is 12.5 Å². The van der Waals surface area contributed by atoms with Gasteiger partial charge in [0.1, 0.15) is 5.69 Å². The average molecular weight is 279 g/mol. The fourth-order valence-corrected chi connectivity index (χ4v) is 2.85. The van der Waals surface area contributed by atoms with E-state index in [0.29, 0.717) is 6.04 Å². The largest absolute Gasteiger partial charge is 0.396 e. The van der Waals surface area contributed by atoms with Gasteiger partial charge >= 0.3 is 0 Å². The van der Waals surface area contributed by atoms with Crippen LogP contribution < -0.4 is 5.73 Å². The second kappa shape index (κ2) is 6.67. The number of rotatable bonds is 5. The normalized spacial score (nSPS) is 19.9. The third kappa shape index (κ3) is 3.46. The molecular weight excluding hydrogens is 258 g/mol. The fourth-order valence-electron chi connectivity index (χ4n) is 2.85. The molecule has 1 atom stereocenters. The Kier molecular flexibility index (Phi) is 4.92. The summed E-state index contributed by atoms with van der Waals surface area (Å²) in [4.78, 5) is 12.6. The average Bonchev–Trinajstić information content (AvgIpc) is 2.41. The highest BCUT2D eigenvalue weighted by atomic mass is 16.6. The Hall–Kier alpha value is -1.66. The summed E-state index contributed by atoms with van der Waals surface area (Å²) in [7, 11) is 0. The molecule has 1 aromatic carbocycles. The lowest BCUT2D eigenvalue weighted by molar-refractivity contribution is -0.383. The minimum Gasteiger partial charge on any atom is -0.396 e. The van der Waals surface area contributed by atoms with E-state index in [1.807, 2.05) is 0 Å². The minimum atomic E-state index is -0.464. The van der Waals surface area contributed by atoms with Crippen LogP contribution in [-0.4, -0.2) is 34.1 Å². The zero-order valence-corrected chi connectivity index (χ0v) is 11.5. The van der Waals surface area contributed by atoms with Crippen LogP contribution in [0, 0.1) is 10.1 Å². The van der Waals surface area contributed by atoms with Crippen molar-refractivity contribution in [3.8, 4) is 0 Å². The Bertz CT molecular complexity index is 477. The SMILES string of the molecule is Nc1cc(CN2CCCCC2CCO)ccc1[N+](=O)[O-]. The first-order chi connectivity index (χ1) is 9.61. The lowest BCUT2D eigenvalue weighted by Gasteiger charge is -2.35. The van der Waals surface area contributed by atoms with E-state index >= 15 is 0 Å². The van der Waals surface area contributed by atoms with E-state index in [-0.39, 0.29) is 18.0 Å². The van der Waals surface area contributed by atoms with Crippen LogP contribution in [0.3, 0.4) is 0 Å². The molecule has 6 heteroatoms. The number of nitrogens with two attached hydrogens (primary N) is 1. The Morgan fingerprint density at radius 1 is 1.45 bits per heavy atom. The molecule has 1 aliphatic rings. The van der Waals surface area contributed by atoms with Crippen LogP contribution >= 0.6 is 0 Å². The minimum absolute atomic E-state index is 0.0423. The van der Waals surface area contributed by atoms with Gasteiger partial charge < -0.3 is 10.8 Å². The molecule has 3 N–H and O–H groups in total. The Morgan fingerprint density at radius 2 is 2.25 bits per heavy atom. The van der Waals surface area contributed by atoms with Crippen LogP contribution in [0.2, 0.25) is 0 Å². The first-order valence-electron chi connectivity index (χ1n) is 6.99. The number of likely N-dealkylation sites (tertiary alicyclic amines) is 1. The molecule has 1 fully saturated rings. The van der Waals surface area contributed by atoms with E-state index in [0.717, 1.165) is 37.9 Å². The standard InChI is InChI=1S/C14H21N3O3/c15-13-9-11(4-5-14(13)17(19)20)10-16-7-2-1-3-12(16)6-8-18/h4-5,9,12,18H,1-3,6-8,10,15H2. The van der Waals surface area contributed by atoms with Crippen LogP contribution in [0.25, 0.3) is 0 Å². The molecule has 0 saturated carbocycles. The molecule has 0 radical (unpaired) electrons. The van der Waals surface area contributed by atoms with Crippen molar-refractivity contribution in [1.82, 2.24) is 4.90 Å². The summed E-state index contributed by atoms with van der Waals surface area (Å²) in [6.45, 7) is 1.93. The third-order valence-corrected chi connectivity index (χ3v) is 3.89. The van der Waals surface area contributed by atoms with Crippen molar-refractivity contribution < 1.29 is 10.0 Å². The molecule has 0 amide bonds. The van der Waals surface area contributed by atoms with Gasteiger partial charge in [0.15, 0.2) is 0 Å². The van der Waals surface area contributed by atoms with Crippen LogP contribution in [0.4, 0.5) is 11.4 Å². The number of benzene rings is 1. The number of anilines is 1. The first kappa shape index (κ1) is 14.7. The van der Waals surface area contributed by atoms with Gasteiger partial charge in [-0.25, -0.2) is 0 Å². The number of nitrogen functional groups attached to an aromatic ring is 1. The third-order valence-electron chi connectivity index (χ3n) is 3.89. The summed E-state index contributed by atoms with van der Waals surface area (Å²) in [6, 6.07) is 5.31. The molecular formula is C14H21N3O3. The summed E-state index contributed by atoms with van der Waals surface area (Å²) >= 11 is 0. The van der Waals surface area contributed by atoms with Gasteiger partial charge in [-0.1, -0.05) is 12.5 Å². The number of nitro benzene ring substituents is 1. The Balaban J connectivity index is 2.08. The number of nitrogens with zero attached hydrogens (tertiary/aromatic N) is 2. The van der Waals surface area contributed by atoms with Crippen LogP contribution in [0.1, 0.15) is 31.2 Å². The molecule has 6 nitrogen and oxygen atoms in total. The maximum atomic E-state index is 10.7. The molecule has 1 unspecified atom stereocenters. The van der Waals surface area contributed by atoms with Gasteiger partial charge in [-0.05, 0) is 37.4 Å². The van der Waals surface area contributed by atoms with Crippen molar-refractivity contribution in [3.05, 3.63) is 33.9 Å². The van der Waals surface area contributed by atoms with Crippen LogP contribution in [0.5, 0.6) is 0 Å². The summed E-state index contributed by atoms with van der Waals surface area (Å²) in [5.41, 5.74) is 6.87. The molecule has 0 bridgehead atoms. The van der Waals surface area contributed by atoms with Gasteiger partial charge in [-0.3, -0.25) is 15.0 Å². The zero-order valence-electron chi connectivity index (χ0n) is 11.5. The maximum absolute atomic E-state index is 10.7. The zero-order chi connectivity index (χ0) is 14.5. The highest BCUT2D eigenvalue weighted by molar-refractivity contribution is 5.59. The van der Waals surface area contributed by atoms with Crippen molar-refractivity contribution in [1.29, 1.82) is 0 Å². The highest BCUT2D eigenvalue weighted by Gasteiger charge is 2.22. The highest BCUT2D eigenvalue weighted by Crippen LogP contribution is 2.25. The molecule has 20 heavy (non-hydrogen) atoms. The van der Waals surface area contributed by atoms with E-state index < -0.39 is 4.92 Å². The van der Waals surface area contributed by atoms with Crippen LogP contribution in [0.15, 0.2) is 18.2 Å². The van der Waals surface area contributed by atoms with E-state index in [1.54, 1.807) is 12.1 Å². The van der Waals surface area contributed by atoms with Gasteiger partial charge in [-0.2, -0.15) is 0 Å². The second-order valence-corrected chi connectivity index (χ2v) is 5.28. The second-order valence-electron chi connectivity index (χ2n) is 5.28. The molecule has 1 heterocycles. The topological polar surface area (TPSA) is 92.6 Å². The molecule has 1 aromatic rings. The molecule has 0 spiro atoms. The number of piperidine rings is 1. The Morgan fingerprint density at radius 3 is 2.90 bits per heavy atom. The fraction of sp³-hybridized carbons (Fsp3) is 0.571. The van der Waals surface area contributed by atoms with Crippen molar-refractivity contribution in [2.24, 2.45) is 0 Å². The molecule has 1 saturated heterocycles. The molecule has 2 rings (SSSR count). The predicted molar refractivity (Wildman–Crippen MR) is 77.3 cm³/mol. The summed E-state index contributed by atoms with van der Waals surface area (Å²) in [6.07, 6.45) is 4.24. The summed E-state index contributed by atoms with van der Waals surface area (Å²) < 4.78 is 0. The van der Waals surface area contributed by atoms with Gasteiger partial charge in [0.05, 0.1) is 4.92 Å². The lowest BCUT2D eigenvalue weighted by Crippen LogP contribution is -2.39. The van der Waals surface area contributed by atoms with Gasteiger partial charge in [0.25, 0.3) is 5.69 Å². The van der Waals surface area contributed by atoms with Crippen LogP contribution in [-0.2, 0) is 6.54 Å². The lowest BCUT2D eigenvalue weighted by atomic mass is 9.98. The van der Waals surface area contributed by atoms with Gasteiger partial charge in [-0.15, -0.1) is 0 Å². The molecule has 0 aromatic heterocycles. The number of nitro groups is 1. The number of hydrogen-bond donors (Lipinski definition) is 2. The van der Waals surface area contributed by atoms with Crippen molar-refractivity contribution in [2.45, 2.75) is 38.3 Å². The number of aliphatic hydroxyl groups excluding tert-OH is 1. The number of hydrogen-bond acceptors (Lipinski definition) is 5. The summed E-state index contributed by atoms with van der Waals surface area (Å²) in [5.74, 6) is 0.